The molecule has 3 heteroatoms. The van der Waals surface area contributed by atoms with Crippen molar-refractivity contribution in [2.45, 2.75) is 39.7 Å². The van der Waals surface area contributed by atoms with Crippen LogP contribution in [0, 0.1) is 0 Å². The summed E-state index contributed by atoms with van der Waals surface area (Å²) in [6.45, 7) is 8.36. The van der Waals surface area contributed by atoms with Gasteiger partial charge in [-0.1, -0.05) is 19.1 Å². The Morgan fingerprint density at radius 2 is 1.89 bits per heavy atom. The Kier molecular flexibility index (Phi) is 7.46. The monoisotopic (exact) mass is 251 g/mol. The fourth-order valence-corrected chi connectivity index (χ4v) is 1.78. The summed E-state index contributed by atoms with van der Waals surface area (Å²) in [6, 6.07) is 8.84. The second-order valence-corrected chi connectivity index (χ2v) is 4.40. The Morgan fingerprint density at radius 1 is 1.17 bits per heavy atom. The van der Waals surface area contributed by atoms with Gasteiger partial charge in [0.1, 0.15) is 5.75 Å². The third kappa shape index (κ3) is 6.03. The molecule has 0 aliphatic rings. The fourth-order valence-electron chi connectivity index (χ4n) is 1.78. The van der Waals surface area contributed by atoms with Crippen molar-refractivity contribution in [2.75, 3.05) is 19.9 Å². The molecule has 0 amide bonds. The van der Waals surface area contributed by atoms with Crippen LogP contribution in [0.4, 0.5) is 0 Å². The summed E-state index contributed by atoms with van der Waals surface area (Å²) in [7, 11) is 0. The molecule has 18 heavy (non-hydrogen) atoms. The van der Waals surface area contributed by atoms with Crippen LogP contribution in [-0.2, 0) is 11.2 Å². The van der Waals surface area contributed by atoms with Gasteiger partial charge >= 0.3 is 0 Å². The van der Waals surface area contributed by atoms with E-state index in [4.69, 9.17) is 9.47 Å². The smallest absolute Gasteiger partial charge is 0.189 e. The molecule has 0 aliphatic carbocycles. The zero-order chi connectivity index (χ0) is 13.2. The Labute approximate surface area is 110 Å². The predicted molar refractivity (Wildman–Crippen MR) is 75.0 cm³/mol. The number of hydrogen-bond donors (Lipinski definition) is 1. The van der Waals surface area contributed by atoms with Crippen LogP contribution in [0.1, 0.15) is 32.8 Å². The molecule has 0 aromatic heterocycles. The van der Waals surface area contributed by atoms with Crippen molar-refractivity contribution in [2.24, 2.45) is 0 Å². The van der Waals surface area contributed by atoms with Gasteiger partial charge in [-0.25, -0.2) is 0 Å². The maximum atomic E-state index is 5.43. The minimum absolute atomic E-state index is 0.327. The highest BCUT2D eigenvalue weighted by Crippen LogP contribution is 2.14. The number of aryl methyl sites for hydroxylation is 1. The van der Waals surface area contributed by atoms with E-state index in [1.165, 1.54) is 5.56 Å². The highest BCUT2D eigenvalue weighted by molar-refractivity contribution is 5.27. The molecule has 102 valence electrons. The van der Waals surface area contributed by atoms with Gasteiger partial charge in [-0.15, -0.1) is 0 Å². The van der Waals surface area contributed by atoms with E-state index >= 15 is 0 Å². The van der Waals surface area contributed by atoms with Crippen LogP contribution in [-0.4, -0.2) is 26.0 Å². The molecule has 0 radical (unpaired) electrons. The van der Waals surface area contributed by atoms with Gasteiger partial charge in [0.2, 0.25) is 0 Å². The highest BCUT2D eigenvalue weighted by atomic mass is 16.7. The summed E-state index contributed by atoms with van der Waals surface area (Å²) in [5, 5.41) is 3.42. The summed E-state index contributed by atoms with van der Waals surface area (Å²) < 4.78 is 10.6. The Balaban J connectivity index is 2.31. The standard InChI is InChI=1S/C15H25NO2/c1-4-16-13(3)6-7-14-8-10-15(11-9-14)18-12-17-5-2/h8-11,13,16H,4-7,12H2,1-3H3. The Morgan fingerprint density at radius 3 is 2.50 bits per heavy atom. The van der Waals surface area contributed by atoms with E-state index in [0.717, 1.165) is 25.1 Å². The molecule has 1 N–H and O–H groups in total. The van der Waals surface area contributed by atoms with Crippen molar-refractivity contribution in [3.63, 3.8) is 0 Å². The first kappa shape index (κ1) is 15.0. The van der Waals surface area contributed by atoms with E-state index in [2.05, 4.69) is 31.3 Å². The lowest BCUT2D eigenvalue weighted by atomic mass is 10.1. The van der Waals surface area contributed by atoms with Crippen LogP contribution in [0.2, 0.25) is 0 Å². The third-order valence-corrected chi connectivity index (χ3v) is 2.86. The van der Waals surface area contributed by atoms with E-state index in [0.29, 0.717) is 19.4 Å². The molecule has 0 saturated heterocycles. The number of hydrogen-bond acceptors (Lipinski definition) is 3. The summed E-state index contributed by atoms with van der Waals surface area (Å²) in [5.41, 5.74) is 1.35. The molecular formula is C15H25NO2. The van der Waals surface area contributed by atoms with Crippen LogP contribution < -0.4 is 10.1 Å². The van der Waals surface area contributed by atoms with Gasteiger partial charge in [0.15, 0.2) is 6.79 Å². The maximum Gasteiger partial charge on any atom is 0.189 e. The summed E-state index contributed by atoms with van der Waals surface area (Å²) in [4.78, 5) is 0. The van der Waals surface area contributed by atoms with Gasteiger partial charge in [-0.05, 0) is 50.9 Å². The second-order valence-electron chi connectivity index (χ2n) is 4.40. The zero-order valence-corrected chi connectivity index (χ0v) is 11.7. The van der Waals surface area contributed by atoms with Crippen molar-refractivity contribution in [1.82, 2.24) is 5.32 Å². The SMILES string of the molecule is CCNC(C)CCc1ccc(OCOCC)cc1. The van der Waals surface area contributed by atoms with Gasteiger partial charge < -0.3 is 14.8 Å². The largest absolute Gasteiger partial charge is 0.468 e. The van der Waals surface area contributed by atoms with E-state index in [9.17, 15) is 0 Å². The van der Waals surface area contributed by atoms with Gasteiger partial charge in [0.05, 0.1) is 0 Å². The number of nitrogens with one attached hydrogen (secondary N) is 1. The number of ether oxygens (including phenoxy) is 2. The summed E-state index contributed by atoms with van der Waals surface area (Å²) in [6.07, 6.45) is 2.26. The van der Waals surface area contributed by atoms with Gasteiger partial charge in [0.25, 0.3) is 0 Å². The van der Waals surface area contributed by atoms with Gasteiger partial charge in [-0.3, -0.25) is 0 Å². The highest BCUT2D eigenvalue weighted by Gasteiger charge is 2.01. The average Bonchev–Trinajstić information content (AvgIpc) is 2.38. The van der Waals surface area contributed by atoms with Crippen LogP contribution in [0.5, 0.6) is 5.75 Å². The molecule has 0 heterocycles. The molecule has 3 nitrogen and oxygen atoms in total. The predicted octanol–water partition coefficient (Wildman–Crippen LogP) is 2.99. The molecular weight excluding hydrogens is 226 g/mol. The molecule has 0 fully saturated rings. The minimum Gasteiger partial charge on any atom is -0.468 e. The van der Waals surface area contributed by atoms with E-state index < -0.39 is 0 Å². The topological polar surface area (TPSA) is 30.5 Å². The molecule has 1 aromatic carbocycles. The molecule has 0 aliphatic heterocycles. The third-order valence-electron chi connectivity index (χ3n) is 2.86. The Bertz CT molecular complexity index is 311. The molecule has 1 unspecified atom stereocenters. The number of rotatable bonds is 9. The van der Waals surface area contributed by atoms with Crippen LogP contribution >= 0.6 is 0 Å². The lowest BCUT2D eigenvalue weighted by molar-refractivity contribution is 0.0224. The van der Waals surface area contributed by atoms with E-state index in [1.807, 2.05) is 19.1 Å². The molecule has 1 aromatic rings. The summed E-state index contributed by atoms with van der Waals surface area (Å²) >= 11 is 0. The second kappa shape index (κ2) is 8.95. The van der Waals surface area contributed by atoms with E-state index in [-0.39, 0.29) is 0 Å². The Hall–Kier alpha value is -1.06. The molecule has 0 saturated carbocycles. The van der Waals surface area contributed by atoms with E-state index in [1.54, 1.807) is 0 Å². The molecule has 0 spiro atoms. The van der Waals surface area contributed by atoms with Crippen LogP contribution in [0.25, 0.3) is 0 Å². The van der Waals surface area contributed by atoms with Crippen molar-refractivity contribution < 1.29 is 9.47 Å². The van der Waals surface area contributed by atoms with Crippen molar-refractivity contribution >= 4 is 0 Å². The van der Waals surface area contributed by atoms with Crippen molar-refractivity contribution in [3.05, 3.63) is 29.8 Å². The van der Waals surface area contributed by atoms with Gasteiger partial charge in [-0.2, -0.15) is 0 Å². The normalized spacial score (nSPS) is 12.4. The summed E-state index contributed by atoms with van der Waals surface area (Å²) in [5.74, 6) is 0.868. The average molecular weight is 251 g/mol. The quantitative estimate of drug-likeness (QED) is 0.540. The number of benzene rings is 1. The molecule has 0 bridgehead atoms. The van der Waals surface area contributed by atoms with Gasteiger partial charge in [0, 0.05) is 12.6 Å². The first-order valence-electron chi connectivity index (χ1n) is 6.79. The minimum atomic E-state index is 0.327. The lowest BCUT2D eigenvalue weighted by Crippen LogP contribution is -2.25. The zero-order valence-electron chi connectivity index (χ0n) is 11.7. The first-order chi connectivity index (χ1) is 8.76. The maximum absolute atomic E-state index is 5.43. The van der Waals surface area contributed by atoms with Crippen LogP contribution in [0.3, 0.4) is 0 Å². The van der Waals surface area contributed by atoms with Crippen molar-refractivity contribution in [3.8, 4) is 5.75 Å². The molecule has 1 rings (SSSR count). The van der Waals surface area contributed by atoms with Crippen LogP contribution in [0.15, 0.2) is 24.3 Å². The first-order valence-corrected chi connectivity index (χ1v) is 6.79. The molecule has 1 atom stereocenters. The fraction of sp³-hybridized carbons (Fsp3) is 0.600. The lowest BCUT2D eigenvalue weighted by Gasteiger charge is -2.12. The van der Waals surface area contributed by atoms with Crippen molar-refractivity contribution in [1.29, 1.82) is 0 Å².